The number of piperidine rings is 1. The molecule has 0 saturated carbocycles. The number of fused-ring (bicyclic) bond motifs is 1. The largest absolute Gasteiger partial charge is 0.573 e. The number of halogens is 3. The van der Waals surface area contributed by atoms with Crippen LogP contribution in [0.1, 0.15) is 12.8 Å². The van der Waals surface area contributed by atoms with Crippen LogP contribution in [-0.4, -0.2) is 50.1 Å². The topological polar surface area (TPSA) is 83.1 Å². The third kappa shape index (κ3) is 3.55. The number of rotatable bonds is 3. The minimum atomic E-state index is -4.83. The molecule has 1 aromatic carbocycles. The lowest BCUT2D eigenvalue weighted by molar-refractivity contribution is -0.274. The number of nitrogens with zero attached hydrogens (tertiary/aromatic N) is 4. The average Bonchev–Trinajstić information content (AvgIpc) is 3.07. The predicted molar refractivity (Wildman–Crippen MR) is 94.2 cm³/mol. The molecule has 0 radical (unpaired) electrons. The molecular formula is C18H17F3N4O3. The van der Waals surface area contributed by atoms with Crippen molar-refractivity contribution >= 4 is 11.5 Å². The van der Waals surface area contributed by atoms with E-state index in [1.807, 2.05) is 4.90 Å². The number of aromatic nitrogens is 3. The standard InChI is InChI=1S/C18H17F3N4O3/c19-18(20,21)28-12-1-2-15(27)13(9-12)14-10-23-17-16(22-5-8-25(14)17)24-6-3-11(26)4-7-24/h1-2,5,8-11,26-27H,3-4,6-7H2. The van der Waals surface area contributed by atoms with Crippen LogP contribution in [0.15, 0.2) is 36.8 Å². The third-order valence-corrected chi connectivity index (χ3v) is 4.65. The molecule has 3 aromatic rings. The first kappa shape index (κ1) is 18.4. The summed E-state index contributed by atoms with van der Waals surface area (Å²) in [5.74, 6) is -0.0202. The van der Waals surface area contributed by atoms with E-state index in [0.717, 1.165) is 18.2 Å². The molecule has 0 amide bonds. The minimum absolute atomic E-state index is 0.153. The van der Waals surface area contributed by atoms with Gasteiger partial charge in [0.25, 0.3) is 0 Å². The minimum Gasteiger partial charge on any atom is -0.507 e. The number of anilines is 1. The number of ether oxygens (including phenoxy) is 1. The first-order valence-electron chi connectivity index (χ1n) is 8.66. The molecule has 2 aromatic heterocycles. The maximum Gasteiger partial charge on any atom is 0.573 e. The Balaban J connectivity index is 1.75. The lowest BCUT2D eigenvalue weighted by Crippen LogP contribution is -2.36. The van der Waals surface area contributed by atoms with Crippen molar-refractivity contribution in [2.45, 2.75) is 25.3 Å². The molecule has 2 N–H and O–H groups in total. The number of aliphatic hydroxyl groups is 1. The van der Waals surface area contributed by atoms with Gasteiger partial charge in [0.1, 0.15) is 11.5 Å². The van der Waals surface area contributed by atoms with E-state index in [9.17, 15) is 23.4 Å². The Labute approximate surface area is 157 Å². The molecule has 28 heavy (non-hydrogen) atoms. The Kier molecular flexibility index (Phi) is 4.50. The second kappa shape index (κ2) is 6.86. The van der Waals surface area contributed by atoms with E-state index in [1.54, 1.807) is 16.8 Å². The van der Waals surface area contributed by atoms with E-state index >= 15 is 0 Å². The van der Waals surface area contributed by atoms with E-state index in [0.29, 0.717) is 43.1 Å². The fraction of sp³-hybridized carbons (Fsp3) is 0.333. The summed E-state index contributed by atoms with van der Waals surface area (Å²) in [6.07, 6.45) is 0.721. The van der Waals surface area contributed by atoms with Crippen molar-refractivity contribution < 1.29 is 28.1 Å². The van der Waals surface area contributed by atoms with Crippen LogP contribution in [0, 0.1) is 0 Å². The van der Waals surface area contributed by atoms with Gasteiger partial charge < -0.3 is 19.8 Å². The number of aromatic hydroxyl groups is 1. The first-order chi connectivity index (χ1) is 13.3. The van der Waals surface area contributed by atoms with Gasteiger partial charge in [0, 0.05) is 31.0 Å². The van der Waals surface area contributed by atoms with Crippen LogP contribution in [0.4, 0.5) is 19.0 Å². The van der Waals surface area contributed by atoms with Gasteiger partial charge in [-0.15, -0.1) is 13.2 Å². The van der Waals surface area contributed by atoms with Gasteiger partial charge in [-0.1, -0.05) is 0 Å². The molecule has 0 aliphatic carbocycles. The first-order valence-corrected chi connectivity index (χ1v) is 8.66. The molecule has 1 saturated heterocycles. The Morgan fingerprint density at radius 1 is 1.14 bits per heavy atom. The van der Waals surface area contributed by atoms with Gasteiger partial charge in [-0.25, -0.2) is 9.97 Å². The molecule has 10 heteroatoms. The van der Waals surface area contributed by atoms with E-state index in [-0.39, 0.29) is 17.4 Å². The quantitative estimate of drug-likeness (QED) is 0.711. The highest BCUT2D eigenvalue weighted by Crippen LogP contribution is 2.36. The molecule has 0 bridgehead atoms. The molecule has 7 nitrogen and oxygen atoms in total. The van der Waals surface area contributed by atoms with E-state index in [4.69, 9.17) is 0 Å². The van der Waals surface area contributed by atoms with Crippen LogP contribution >= 0.6 is 0 Å². The number of hydrogen-bond acceptors (Lipinski definition) is 6. The summed E-state index contributed by atoms with van der Waals surface area (Å²) in [4.78, 5) is 10.7. The lowest BCUT2D eigenvalue weighted by Gasteiger charge is -2.30. The molecule has 148 valence electrons. The van der Waals surface area contributed by atoms with Gasteiger partial charge in [-0.3, -0.25) is 4.40 Å². The highest BCUT2D eigenvalue weighted by Gasteiger charge is 2.31. The van der Waals surface area contributed by atoms with Crippen LogP contribution in [0.3, 0.4) is 0 Å². The SMILES string of the molecule is Oc1ccc(OC(F)(F)F)cc1-c1cnc2c(N3CCC(O)CC3)nccn12. The predicted octanol–water partition coefficient (Wildman–Crippen LogP) is 2.96. The molecule has 4 rings (SSSR count). The summed E-state index contributed by atoms with van der Waals surface area (Å²) in [6.45, 7) is 1.24. The van der Waals surface area contributed by atoms with Crippen molar-refractivity contribution in [3.8, 4) is 22.8 Å². The average molecular weight is 394 g/mol. The van der Waals surface area contributed by atoms with E-state index in [2.05, 4.69) is 14.7 Å². The molecule has 0 atom stereocenters. The van der Waals surface area contributed by atoms with E-state index in [1.165, 1.54) is 6.20 Å². The Morgan fingerprint density at radius 3 is 2.61 bits per heavy atom. The highest BCUT2D eigenvalue weighted by molar-refractivity contribution is 5.75. The number of phenolic OH excluding ortho intramolecular Hbond substituents is 1. The molecular weight excluding hydrogens is 377 g/mol. The summed E-state index contributed by atoms with van der Waals surface area (Å²) >= 11 is 0. The summed E-state index contributed by atoms with van der Waals surface area (Å²) in [5, 5.41) is 19.9. The van der Waals surface area contributed by atoms with Gasteiger partial charge >= 0.3 is 6.36 Å². The molecule has 3 heterocycles. The normalized spacial score (nSPS) is 15.9. The van der Waals surface area contributed by atoms with Crippen molar-refractivity contribution in [3.05, 3.63) is 36.8 Å². The maximum absolute atomic E-state index is 12.5. The lowest BCUT2D eigenvalue weighted by atomic mass is 10.1. The number of phenols is 1. The summed E-state index contributed by atoms with van der Waals surface area (Å²) in [5.41, 5.74) is 1.07. The van der Waals surface area contributed by atoms with Gasteiger partial charge in [-0.2, -0.15) is 0 Å². The Bertz CT molecular complexity index is 997. The third-order valence-electron chi connectivity index (χ3n) is 4.65. The van der Waals surface area contributed by atoms with Crippen molar-refractivity contribution in [3.63, 3.8) is 0 Å². The Morgan fingerprint density at radius 2 is 1.89 bits per heavy atom. The number of benzene rings is 1. The molecule has 0 spiro atoms. The van der Waals surface area contributed by atoms with Gasteiger partial charge in [0.2, 0.25) is 0 Å². The zero-order valence-electron chi connectivity index (χ0n) is 14.6. The zero-order valence-corrected chi connectivity index (χ0v) is 14.6. The molecule has 1 aliphatic rings. The van der Waals surface area contributed by atoms with E-state index < -0.39 is 12.1 Å². The second-order valence-electron chi connectivity index (χ2n) is 6.53. The zero-order chi connectivity index (χ0) is 19.9. The maximum atomic E-state index is 12.5. The smallest absolute Gasteiger partial charge is 0.507 e. The fourth-order valence-electron chi connectivity index (χ4n) is 3.32. The number of imidazole rings is 1. The van der Waals surface area contributed by atoms with Crippen molar-refractivity contribution in [2.24, 2.45) is 0 Å². The summed E-state index contributed by atoms with van der Waals surface area (Å²) in [6, 6.07) is 3.30. The number of hydrogen-bond donors (Lipinski definition) is 2. The summed E-state index contributed by atoms with van der Waals surface area (Å²) < 4.78 is 43.2. The van der Waals surface area contributed by atoms with Crippen LogP contribution in [0.5, 0.6) is 11.5 Å². The number of aliphatic hydroxyl groups excluding tert-OH is 1. The van der Waals surface area contributed by atoms with Crippen molar-refractivity contribution in [1.29, 1.82) is 0 Å². The van der Waals surface area contributed by atoms with Crippen molar-refractivity contribution in [2.75, 3.05) is 18.0 Å². The molecule has 1 aliphatic heterocycles. The van der Waals surface area contributed by atoms with Gasteiger partial charge in [0.05, 0.1) is 18.0 Å². The van der Waals surface area contributed by atoms with Crippen LogP contribution in [0.2, 0.25) is 0 Å². The second-order valence-corrected chi connectivity index (χ2v) is 6.53. The Hall–Kier alpha value is -3.01. The number of alkyl halides is 3. The highest BCUT2D eigenvalue weighted by atomic mass is 19.4. The van der Waals surface area contributed by atoms with Crippen molar-refractivity contribution in [1.82, 2.24) is 14.4 Å². The molecule has 0 unspecified atom stereocenters. The molecule has 1 fully saturated rings. The van der Waals surface area contributed by atoms with Crippen LogP contribution in [-0.2, 0) is 0 Å². The van der Waals surface area contributed by atoms with Crippen LogP contribution in [0.25, 0.3) is 16.9 Å². The van der Waals surface area contributed by atoms with Gasteiger partial charge in [0.15, 0.2) is 11.5 Å². The van der Waals surface area contributed by atoms with Crippen LogP contribution < -0.4 is 9.64 Å². The summed E-state index contributed by atoms with van der Waals surface area (Å²) in [7, 11) is 0. The fourth-order valence-corrected chi connectivity index (χ4v) is 3.32. The monoisotopic (exact) mass is 394 g/mol. The van der Waals surface area contributed by atoms with Gasteiger partial charge in [-0.05, 0) is 31.0 Å².